The van der Waals surface area contributed by atoms with Gasteiger partial charge in [-0.1, -0.05) is 36.4 Å². The van der Waals surface area contributed by atoms with Crippen molar-refractivity contribution < 1.29 is 4.74 Å². The highest BCUT2D eigenvalue weighted by molar-refractivity contribution is 5.86. The molecule has 0 aliphatic heterocycles. The van der Waals surface area contributed by atoms with Crippen LogP contribution in [0, 0.1) is 6.20 Å². The summed E-state index contributed by atoms with van der Waals surface area (Å²) in [5.74, 6) is 1.37. The fourth-order valence-electron chi connectivity index (χ4n) is 1.72. The summed E-state index contributed by atoms with van der Waals surface area (Å²) in [5, 5.41) is 2.07. The molecule has 0 aliphatic carbocycles. The molecule has 81 valence electrons. The van der Waals surface area contributed by atoms with Crippen molar-refractivity contribution in [1.82, 2.24) is 4.98 Å². The minimum atomic E-state index is 0.592. The molecule has 1 radical (unpaired) electrons. The SMILES string of the molecule is [c]1cc2ccccc2c(Oc2ccccc2)n1. The third-order valence-electron chi connectivity index (χ3n) is 2.54. The van der Waals surface area contributed by atoms with E-state index >= 15 is 0 Å². The summed E-state index contributed by atoms with van der Waals surface area (Å²) in [7, 11) is 0. The van der Waals surface area contributed by atoms with Gasteiger partial charge in [-0.15, -0.1) is 0 Å². The van der Waals surface area contributed by atoms with Crippen molar-refractivity contribution in [1.29, 1.82) is 0 Å². The highest BCUT2D eigenvalue weighted by atomic mass is 16.5. The number of benzene rings is 2. The molecule has 0 fully saturated rings. The zero-order valence-corrected chi connectivity index (χ0v) is 9.13. The second-order valence-electron chi connectivity index (χ2n) is 3.69. The molecule has 0 unspecified atom stereocenters. The van der Waals surface area contributed by atoms with E-state index in [-0.39, 0.29) is 0 Å². The van der Waals surface area contributed by atoms with Gasteiger partial charge in [0.25, 0.3) is 0 Å². The number of ether oxygens (including phenoxy) is 1. The molecule has 0 N–H and O–H groups in total. The van der Waals surface area contributed by atoms with Crippen molar-refractivity contribution in [2.24, 2.45) is 0 Å². The molecule has 2 aromatic carbocycles. The fourth-order valence-corrected chi connectivity index (χ4v) is 1.72. The van der Waals surface area contributed by atoms with Crippen molar-refractivity contribution in [3.63, 3.8) is 0 Å². The van der Waals surface area contributed by atoms with Gasteiger partial charge < -0.3 is 4.74 Å². The summed E-state index contributed by atoms with van der Waals surface area (Å²) in [6.45, 7) is 0. The molecule has 0 saturated carbocycles. The Morgan fingerprint density at radius 3 is 2.53 bits per heavy atom. The molecule has 0 atom stereocenters. The van der Waals surface area contributed by atoms with Crippen molar-refractivity contribution >= 4 is 10.8 Å². The zero-order valence-electron chi connectivity index (χ0n) is 9.13. The van der Waals surface area contributed by atoms with Gasteiger partial charge in [0.1, 0.15) is 5.75 Å². The van der Waals surface area contributed by atoms with Gasteiger partial charge in [0, 0.05) is 5.39 Å². The van der Waals surface area contributed by atoms with Gasteiger partial charge >= 0.3 is 0 Å². The van der Waals surface area contributed by atoms with Gasteiger partial charge in [0.2, 0.25) is 5.88 Å². The molecule has 0 amide bonds. The second kappa shape index (κ2) is 4.26. The van der Waals surface area contributed by atoms with Gasteiger partial charge in [0.15, 0.2) is 0 Å². The Labute approximate surface area is 99.5 Å². The topological polar surface area (TPSA) is 22.1 Å². The quantitative estimate of drug-likeness (QED) is 0.654. The van der Waals surface area contributed by atoms with E-state index in [0.717, 1.165) is 16.5 Å². The first-order chi connectivity index (χ1) is 8.43. The summed E-state index contributed by atoms with van der Waals surface area (Å²) in [4.78, 5) is 4.15. The minimum absolute atomic E-state index is 0.592. The Balaban J connectivity index is 2.06. The standard InChI is InChI=1S/C15H10NO/c1-2-7-13(8-3-1)17-15-14-9-5-4-6-12(14)10-11-16-15/h1-10H. The second-order valence-corrected chi connectivity index (χ2v) is 3.69. The third kappa shape index (κ3) is 1.97. The van der Waals surface area contributed by atoms with Crippen molar-refractivity contribution in [2.75, 3.05) is 0 Å². The van der Waals surface area contributed by atoms with Crippen LogP contribution < -0.4 is 4.74 Å². The van der Waals surface area contributed by atoms with Crippen molar-refractivity contribution in [3.8, 4) is 11.6 Å². The van der Waals surface area contributed by atoms with E-state index in [2.05, 4.69) is 11.2 Å². The molecule has 2 nitrogen and oxygen atoms in total. The summed E-state index contributed by atoms with van der Waals surface area (Å²) >= 11 is 0. The number of aromatic nitrogens is 1. The lowest BCUT2D eigenvalue weighted by Gasteiger charge is -2.06. The average molecular weight is 220 g/mol. The van der Waals surface area contributed by atoms with Crippen LogP contribution in [-0.4, -0.2) is 4.98 Å². The van der Waals surface area contributed by atoms with E-state index in [1.807, 2.05) is 60.7 Å². The number of pyridine rings is 1. The van der Waals surface area contributed by atoms with Crippen LogP contribution in [0.4, 0.5) is 0 Å². The maximum absolute atomic E-state index is 5.75. The lowest BCUT2D eigenvalue weighted by Crippen LogP contribution is -1.88. The smallest absolute Gasteiger partial charge is 0.227 e. The summed E-state index contributed by atoms with van der Waals surface area (Å²) in [5.41, 5.74) is 0. The van der Waals surface area contributed by atoms with Gasteiger partial charge in [0.05, 0.1) is 6.20 Å². The Kier molecular flexibility index (Phi) is 2.47. The zero-order chi connectivity index (χ0) is 11.5. The maximum atomic E-state index is 5.75. The van der Waals surface area contributed by atoms with Crippen LogP contribution >= 0.6 is 0 Å². The summed E-state index contributed by atoms with van der Waals surface area (Å²) < 4.78 is 5.75. The first-order valence-corrected chi connectivity index (χ1v) is 5.42. The Hall–Kier alpha value is -2.35. The van der Waals surface area contributed by atoms with Crippen LogP contribution in [0.1, 0.15) is 0 Å². The Bertz CT molecular complexity index is 629. The lowest BCUT2D eigenvalue weighted by atomic mass is 10.2. The lowest BCUT2D eigenvalue weighted by molar-refractivity contribution is 0.469. The molecule has 3 rings (SSSR count). The Morgan fingerprint density at radius 2 is 1.65 bits per heavy atom. The van der Waals surface area contributed by atoms with E-state index in [1.54, 1.807) is 0 Å². The van der Waals surface area contributed by atoms with E-state index in [9.17, 15) is 0 Å². The van der Waals surface area contributed by atoms with E-state index < -0.39 is 0 Å². The predicted octanol–water partition coefficient (Wildman–Crippen LogP) is 3.83. The van der Waals surface area contributed by atoms with Crippen LogP contribution in [-0.2, 0) is 0 Å². The molecule has 1 heterocycles. The normalized spacial score (nSPS) is 10.4. The van der Waals surface area contributed by atoms with Crippen molar-refractivity contribution in [2.45, 2.75) is 0 Å². The van der Waals surface area contributed by atoms with E-state index in [1.165, 1.54) is 0 Å². The van der Waals surface area contributed by atoms with E-state index in [4.69, 9.17) is 4.74 Å². The van der Waals surface area contributed by atoms with Crippen LogP contribution in [0.15, 0.2) is 60.7 Å². The molecule has 1 aromatic heterocycles. The minimum Gasteiger partial charge on any atom is -0.438 e. The highest BCUT2D eigenvalue weighted by Gasteiger charge is 2.03. The van der Waals surface area contributed by atoms with Crippen LogP contribution in [0.2, 0.25) is 0 Å². The monoisotopic (exact) mass is 220 g/mol. The largest absolute Gasteiger partial charge is 0.438 e. The maximum Gasteiger partial charge on any atom is 0.227 e. The van der Waals surface area contributed by atoms with Crippen LogP contribution in [0.5, 0.6) is 11.6 Å². The summed E-state index contributed by atoms with van der Waals surface area (Å²) in [6, 6.07) is 19.5. The summed E-state index contributed by atoms with van der Waals surface area (Å²) in [6.07, 6.45) is 2.85. The van der Waals surface area contributed by atoms with Crippen LogP contribution in [0.3, 0.4) is 0 Å². The third-order valence-corrected chi connectivity index (χ3v) is 2.54. The van der Waals surface area contributed by atoms with Gasteiger partial charge in [-0.05, 0) is 29.7 Å². The average Bonchev–Trinajstić information content (AvgIpc) is 2.40. The molecular weight excluding hydrogens is 210 g/mol. The molecule has 0 saturated heterocycles. The van der Waals surface area contributed by atoms with Gasteiger partial charge in [-0.2, -0.15) is 0 Å². The molecule has 2 heteroatoms. The van der Waals surface area contributed by atoms with Gasteiger partial charge in [-0.25, -0.2) is 4.98 Å². The molecule has 0 spiro atoms. The number of hydrogen-bond donors (Lipinski definition) is 0. The highest BCUT2D eigenvalue weighted by Crippen LogP contribution is 2.26. The number of rotatable bonds is 2. The number of hydrogen-bond acceptors (Lipinski definition) is 2. The number of nitrogens with zero attached hydrogens (tertiary/aromatic N) is 1. The first-order valence-electron chi connectivity index (χ1n) is 5.42. The number of para-hydroxylation sites is 1. The van der Waals surface area contributed by atoms with Crippen LogP contribution in [0.25, 0.3) is 10.8 Å². The van der Waals surface area contributed by atoms with E-state index in [0.29, 0.717) is 5.88 Å². The van der Waals surface area contributed by atoms with Crippen molar-refractivity contribution in [3.05, 3.63) is 66.9 Å². The Morgan fingerprint density at radius 1 is 0.882 bits per heavy atom. The predicted molar refractivity (Wildman–Crippen MR) is 67.1 cm³/mol. The van der Waals surface area contributed by atoms with Gasteiger partial charge in [-0.3, -0.25) is 0 Å². The molecule has 3 aromatic rings. The molecule has 0 aliphatic rings. The number of fused-ring (bicyclic) bond motifs is 1. The molecule has 0 bridgehead atoms. The molecular formula is C15H10NO. The fraction of sp³-hybridized carbons (Fsp3) is 0. The first kappa shape index (κ1) is 9.85. The molecule has 17 heavy (non-hydrogen) atoms.